The van der Waals surface area contributed by atoms with Gasteiger partial charge >= 0.3 is 0 Å². The topological polar surface area (TPSA) is 54.9 Å². The summed E-state index contributed by atoms with van der Waals surface area (Å²) >= 11 is 7.23. The predicted octanol–water partition coefficient (Wildman–Crippen LogP) is 5.87. The normalized spacial score (nSPS) is 10.6. The molecule has 1 aromatic heterocycles. The fraction of sp³-hybridized carbons (Fsp3) is 0.0800. The molecule has 6 heteroatoms. The van der Waals surface area contributed by atoms with Crippen molar-refractivity contribution in [2.45, 2.75) is 11.6 Å². The molecular formula is C25H20ClN3OS. The van der Waals surface area contributed by atoms with Crippen LogP contribution in [0.4, 0.5) is 0 Å². The van der Waals surface area contributed by atoms with Crippen LogP contribution in [0.3, 0.4) is 0 Å². The standard InChI is InChI=1S/C25H20ClN3OS/c26-22-12-6-18(7-13-22)16-27-24(30)17-31-25-15-14-23(28-29-25)21-10-8-20(9-11-21)19-4-2-1-3-5-19/h1-15H,16-17H2,(H,27,30). The van der Waals surface area contributed by atoms with E-state index in [1.165, 1.54) is 17.3 Å². The van der Waals surface area contributed by atoms with Gasteiger partial charge in [-0.1, -0.05) is 90.1 Å². The molecule has 3 aromatic carbocycles. The van der Waals surface area contributed by atoms with Crippen LogP contribution in [0.5, 0.6) is 0 Å². The predicted molar refractivity (Wildman–Crippen MR) is 127 cm³/mol. The van der Waals surface area contributed by atoms with Crippen molar-refractivity contribution < 1.29 is 4.79 Å². The Morgan fingerprint density at radius 1 is 0.774 bits per heavy atom. The summed E-state index contributed by atoms with van der Waals surface area (Å²) in [5.74, 6) is 0.232. The second-order valence-electron chi connectivity index (χ2n) is 6.89. The van der Waals surface area contributed by atoms with Gasteiger partial charge < -0.3 is 5.32 Å². The number of nitrogens with zero attached hydrogens (tertiary/aromatic N) is 2. The van der Waals surface area contributed by atoms with E-state index >= 15 is 0 Å². The third-order valence-electron chi connectivity index (χ3n) is 4.68. The van der Waals surface area contributed by atoms with Crippen molar-refractivity contribution >= 4 is 29.3 Å². The summed E-state index contributed by atoms with van der Waals surface area (Å²) in [6, 6.07) is 29.7. The Bertz CT molecular complexity index is 1130. The number of carbonyl (C=O) groups excluding carboxylic acids is 1. The second kappa shape index (κ2) is 10.2. The molecule has 0 unspecified atom stereocenters. The molecule has 31 heavy (non-hydrogen) atoms. The van der Waals surface area contributed by atoms with Crippen LogP contribution < -0.4 is 5.32 Å². The van der Waals surface area contributed by atoms with E-state index in [1.54, 1.807) is 0 Å². The van der Waals surface area contributed by atoms with Crippen LogP contribution in [0.2, 0.25) is 5.02 Å². The van der Waals surface area contributed by atoms with E-state index in [9.17, 15) is 4.79 Å². The van der Waals surface area contributed by atoms with Gasteiger partial charge in [-0.05, 0) is 41.0 Å². The van der Waals surface area contributed by atoms with E-state index in [0.717, 1.165) is 22.4 Å². The molecule has 0 aliphatic heterocycles. The molecule has 0 spiro atoms. The first-order valence-corrected chi connectivity index (χ1v) is 11.2. The Balaban J connectivity index is 1.30. The molecular weight excluding hydrogens is 426 g/mol. The summed E-state index contributed by atoms with van der Waals surface area (Å²) in [6.07, 6.45) is 0. The molecule has 0 atom stereocenters. The molecule has 4 nitrogen and oxygen atoms in total. The molecule has 0 saturated carbocycles. The lowest BCUT2D eigenvalue weighted by atomic mass is 10.0. The lowest BCUT2D eigenvalue weighted by Crippen LogP contribution is -2.24. The first kappa shape index (κ1) is 21.1. The number of amides is 1. The Morgan fingerprint density at radius 2 is 1.45 bits per heavy atom. The van der Waals surface area contributed by atoms with Crippen LogP contribution in [0.15, 0.2) is 96.0 Å². The molecule has 0 bridgehead atoms. The average molecular weight is 446 g/mol. The number of nitrogens with one attached hydrogen (secondary N) is 1. The van der Waals surface area contributed by atoms with Gasteiger partial charge in [-0.2, -0.15) is 0 Å². The van der Waals surface area contributed by atoms with Crippen molar-refractivity contribution in [1.29, 1.82) is 0 Å². The van der Waals surface area contributed by atoms with Crippen LogP contribution in [-0.2, 0) is 11.3 Å². The first-order chi connectivity index (χ1) is 15.2. The van der Waals surface area contributed by atoms with E-state index in [-0.39, 0.29) is 11.7 Å². The summed E-state index contributed by atoms with van der Waals surface area (Å²) in [5.41, 5.74) is 5.15. The van der Waals surface area contributed by atoms with Crippen LogP contribution in [0.1, 0.15) is 5.56 Å². The molecule has 0 aliphatic carbocycles. The third-order valence-corrected chi connectivity index (χ3v) is 5.85. The maximum absolute atomic E-state index is 12.1. The lowest BCUT2D eigenvalue weighted by molar-refractivity contribution is -0.118. The van der Waals surface area contributed by atoms with Gasteiger partial charge in [0.1, 0.15) is 5.03 Å². The minimum Gasteiger partial charge on any atom is -0.351 e. The zero-order chi connectivity index (χ0) is 21.5. The highest BCUT2D eigenvalue weighted by molar-refractivity contribution is 7.99. The van der Waals surface area contributed by atoms with Gasteiger partial charge in [-0.25, -0.2) is 0 Å². The van der Waals surface area contributed by atoms with Gasteiger partial charge in [0.25, 0.3) is 0 Å². The number of aromatic nitrogens is 2. The van der Waals surface area contributed by atoms with Crippen molar-refractivity contribution in [1.82, 2.24) is 15.5 Å². The zero-order valence-corrected chi connectivity index (χ0v) is 18.2. The van der Waals surface area contributed by atoms with E-state index in [1.807, 2.05) is 66.7 Å². The Labute approximate surface area is 190 Å². The van der Waals surface area contributed by atoms with E-state index in [4.69, 9.17) is 11.6 Å². The molecule has 1 N–H and O–H groups in total. The molecule has 0 aliphatic rings. The maximum Gasteiger partial charge on any atom is 0.230 e. The van der Waals surface area contributed by atoms with Crippen LogP contribution in [0, 0.1) is 0 Å². The second-order valence-corrected chi connectivity index (χ2v) is 8.32. The van der Waals surface area contributed by atoms with E-state index < -0.39 is 0 Å². The molecule has 0 fully saturated rings. The number of hydrogen-bond donors (Lipinski definition) is 1. The summed E-state index contributed by atoms with van der Waals surface area (Å²) in [4.78, 5) is 12.1. The fourth-order valence-electron chi connectivity index (χ4n) is 3.01. The van der Waals surface area contributed by atoms with Crippen LogP contribution >= 0.6 is 23.4 Å². The zero-order valence-electron chi connectivity index (χ0n) is 16.7. The van der Waals surface area contributed by atoms with E-state index in [2.05, 4.69) is 39.8 Å². The molecule has 154 valence electrons. The minimum atomic E-state index is -0.0534. The lowest BCUT2D eigenvalue weighted by Gasteiger charge is -2.06. The number of thioether (sulfide) groups is 1. The molecule has 1 amide bonds. The van der Waals surface area contributed by atoms with Crippen molar-refractivity contribution in [2.75, 3.05) is 5.75 Å². The van der Waals surface area contributed by atoms with Gasteiger partial charge in [0.2, 0.25) is 5.91 Å². The Hall–Kier alpha value is -3.15. The van der Waals surface area contributed by atoms with Crippen LogP contribution in [-0.4, -0.2) is 21.9 Å². The number of benzene rings is 3. The van der Waals surface area contributed by atoms with Crippen molar-refractivity contribution in [3.8, 4) is 22.4 Å². The summed E-state index contributed by atoms with van der Waals surface area (Å²) in [6.45, 7) is 0.472. The fourth-order valence-corrected chi connectivity index (χ4v) is 3.78. The molecule has 1 heterocycles. The van der Waals surface area contributed by atoms with Gasteiger partial charge in [-0.15, -0.1) is 10.2 Å². The molecule has 4 aromatic rings. The highest BCUT2D eigenvalue weighted by atomic mass is 35.5. The van der Waals surface area contributed by atoms with E-state index in [0.29, 0.717) is 16.6 Å². The van der Waals surface area contributed by atoms with Gasteiger partial charge in [0.15, 0.2) is 0 Å². The quantitative estimate of drug-likeness (QED) is 0.361. The third kappa shape index (κ3) is 5.94. The number of hydrogen-bond acceptors (Lipinski definition) is 4. The highest BCUT2D eigenvalue weighted by Gasteiger charge is 2.06. The van der Waals surface area contributed by atoms with Gasteiger partial charge in [0, 0.05) is 17.1 Å². The van der Waals surface area contributed by atoms with Crippen LogP contribution in [0.25, 0.3) is 22.4 Å². The summed E-state index contributed by atoms with van der Waals surface area (Å²) < 4.78 is 0. The monoisotopic (exact) mass is 445 g/mol. The SMILES string of the molecule is O=C(CSc1ccc(-c2ccc(-c3ccccc3)cc2)nn1)NCc1ccc(Cl)cc1. The van der Waals surface area contributed by atoms with Crippen molar-refractivity contribution in [3.05, 3.63) is 102 Å². The number of carbonyl (C=O) groups is 1. The van der Waals surface area contributed by atoms with Gasteiger partial charge in [-0.3, -0.25) is 4.79 Å². The highest BCUT2D eigenvalue weighted by Crippen LogP contribution is 2.24. The molecule has 4 rings (SSSR count). The molecule has 0 saturated heterocycles. The summed E-state index contributed by atoms with van der Waals surface area (Å²) in [7, 11) is 0. The largest absolute Gasteiger partial charge is 0.351 e. The average Bonchev–Trinajstić information content (AvgIpc) is 2.83. The maximum atomic E-state index is 12.1. The Morgan fingerprint density at radius 3 is 2.13 bits per heavy atom. The summed E-state index contributed by atoms with van der Waals surface area (Å²) in [5, 5.41) is 12.9. The number of halogens is 1. The van der Waals surface area contributed by atoms with Crippen molar-refractivity contribution in [2.24, 2.45) is 0 Å². The Kier molecular flexibility index (Phi) is 6.97. The number of rotatable bonds is 7. The van der Waals surface area contributed by atoms with Crippen molar-refractivity contribution in [3.63, 3.8) is 0 Å². The first-order valence-electron chi connectivity index (χ1n) is 9.81. The minimum absolute atomic E-state index is 0.0534. The molecule has 0 radical (unpaired) electrons. The van der Waals surface area contributed by atoms with Gasteiger partial charge in [0.05, 0.1) is 11.4 Å². The smallest absolute Gasteiger partial charge is 0.230 e.